The number of nitrogens with one attached hydrogen (secondary N) is 1. The Labute approximate surface area is 62.5 Å². The van der Waals surface area contributed by atoms with E-state index in [1.165, 1.54) is 24.0 Å². The Morgan fingerprint density at radius 2 is 2.55 bits per heavy atom. The van der Waals surface area contributed by atoms with Crippen LogP contribution >= 0.6 is 0 Å². The van der Waals surface area contributed by atoms with Gasteiger partial charge < -0.3 is 4.74 Å². The van der Waals surface area contributed by atoms with Gasteiger partial charge in [0.05, 0.1) is 13.3 Å². The largest absolute Gasteiger partial charge is 0.452 e. The lowest BCUT2D eigenvalue weighted by molar-refractivity contribution is 0.183. The molecule has 1 heterocycles. The molecule has 0 saturated heterocycles. The third-order valence-corrected chi connectivity index (χ3v) is 1.06. The second kappa shape index (κ2) is 3.05. The highest BCUT2D eigenvalue weighted by atomic mass is 19.1. The molecule has 0 aliphatic heterocycles. The predicted molar refractivity (Wildman–Crippen MR) is 36.2 cm³/mol. The summed E-state index contributed by atoms with van der Waals surface area (Å²) >= 11 is 0. The van der Waals surface area contributed by atoms with Crippen LogP contribution in [0.15, 0.2) is 18.5 Å². The first-order valence-corrected chi connectivity index (χ1v) is 2.91. The maximum Gasteiger partial charge on any atom is 0.426 e. The summed E-state index contributed by atoms with van der Waals surface area (Å²) in [4.78, 5) is 10.5. The average molecular weight is 158 g/mol. The quantitative estimate of drug-likeness (QED) is 0.660. The van der Waals surface area contributed by atoms with E-state index in [-0.39, 0.29) is 0 Å². The number of halogens is 1. The highest BCUT2D eigenvalue weighted by Gasteiger charge is 1.98. The number of hydrogen-bond donors (Lipinski definition) is 1. The second-order valence-electron chi connectivity index (χ2n) is 1.84. The summed E-state index contributed by atoms with van der Waals surface area (Å²) in [7, 11) is 1.23. The van der Waals surface area contributed by atoms with Crippen molar-refractivity contribution in [3.8, 4) is 0 Å². The SMILES string of the molecule is COC(=O)Nn1ccc(F)c1. The number of carbonyl (C=O) groups is 1. The van der Waals surface area contributed by atoms with Crippen LogP contribution < -0.4 is 5.43 Å². The zero-order valence-electron chi connectivity index (χ0n) is 5.87. The van der Waals surface area contributed by atoms with Crippen LogP contribution in [0, 0.1) is 5.82 Å². The molecule has 1 amide bonds. The Kier molecular flexibility index (Phi) is 2.10. The fourth-order valence-electron chi connectivity index (χ4n) is 0.591. The van der Waals surface area contributed by atoms with E-state index in [9.17, 15) is 9.18 Å². The molecular weight excluding hydrogens is 151 g/mol. The molecule has 0 fully saturated rings. The van der Waals surface area contributed by atoms with Crippen LogP contribution in [0.3, 0.4) is 0 Å². The zero-order valence-corrected chi connectivity index (χ0v) is 5.87. The van der Waals surface area contributed by atoms with Crippen molar-refractivity contribution < 1.29 is 13.9 Å². The van der Waals surface area contributed by atoms with Gasteiger partial charge in [-0.15, -0.1) is 0 Å². The van der Waals surface area contributed by atoms with Crippen LogP contribution in [0.25, 0.3) is 0 Å². The van der Waals surface area contributed by atoms with Crippen molar-refractivity contribution in [2.75, 3.05) is 12.5 Å². The minimum Gasteiger partial charge on any atom is -0.452 e. The summed E-state index contributed by atoms with van der Waals surface area (Å²) in [5.41, 5.74) is 2.23. The van der Waals surface area contributed by atoms with Gasteiger partial charge in [0.2, 0.25) is 0 Å². The molecule has 1 aromatic rings. The van der Waals surface area contributed by atoms with Crippen molar-refractivity contribution in [3.05, 3.63) is 24.3 Å². The molecule has 0 bridgehead atoms. The fourth-order valence-corrected chi connectivity index (χ4v) is 0.591. The van der Waals surface area contributed by atoms with E-state index in [0.717, 1.165) is 6.20 Å². The van der Waals surface area contributed by atoms with Crippen LogP contribution in [-0.4, -0.2) is 17.9 Å². The molecule has 1 rings (SSSR count). The third-order valence-electron chi connectivity index (χ3n) is 1.06. The molecule has 0 aromatic carbocycles. The van der Waals surface area contributed by atoms with Crippen LogP contribution in [0.5, 0.6) is 0 Å². The molecule has 0 unspecified atom stereocenters. The highest BCUT2D eigenvalue weighted by molar-refractivity contribution is 5.75. The lowest BCUT2D eigenvalue weighted by atomic mass is 10.6. The van der Waals surface area contributed by atoms with Gasteiger partial charge >= 0.3 is 6.09 Å². The summed E-state index contributed by atoms with van der Waals surface area (Å²) < 4.78 is 17.7. The summed E-state index contributed by atoms with van der Waals surface area (Å²) in [6.45, 7) is 0. The molecule has 0 spiro atoms. The number of ether oxygens (including phenoxy) is 1. The first-order valence-electron chi connectivity index (χ1n) is 2.91. The molecule has 0 aliphatic carbocycles. The van der Waals surface area contributed by atoms with Gasteiger partial charge in [-0.2, -0.15) is 0 Å². The van der Waals surface area contributed by atoms with Crippen LogP contribution in [0.2, 0.25) is 0 Å². The Morgan fingerprint density at radius 1 is 1.82 bits per heavy atom. The maximum absolute atomic E-state index is 12.3. The van der Waals surface area contributed by atoms with Crippen LogP contribution in [0.4, 0.5) is 9.18 Å². The van der Waals surface area contributed by atoms with Gasteiger partial charge in [-0.25, -0.2) is 14.6 Å². The van der Waals surface area contributed by atoms with E-state index in [2.05, 4.69) is 10.2 Å². The van der Waals surface area contributed by atoms with Crippen molar-refractivity contribution in [1.29, 1.82) is 0 Å². The topological polar surface area (TPSA) is 43.3 Å². The molecule has 0 radical (unpaired) electrons. The van der Waals surface area contributed by atoms with Crippen LogP contribution in [0.1, 0.15) is 0 Å². The molecule has 1 N–H and O–H groups in total. The Balaban J connectivity index is 2.57. The fraction of sp³-hybridized carbons (Fsp3) is 0.167. The van der Waals surface area contributed by atoms with E-state index in [1.54, 1.807) is 0 Å². The van der Waals surface area contributed by atoms with Gasteiger partial charge in [-0.05, 0) is 6.07 Å². The smallest absolute Gasteiger partial charge is 0.426 e. The first kappa shape index (κ1) is 7.59. The molecule has 0 saturated carbocycles. The Bertz CT molecular complexity index is 259. The number of nitrogens with zero attached hydrogens (tertiary/aromatic N) is 1. The molecule has 11 heavy (non-hydrogen) atoms. The first-order chi connectivity index (χ1) is 5.22. The number of amides is 1. The summed E-state index contributed by atoms with van der Waals surface area (Å²) in [5, 5.41) is 0. The van der Waals surface area contributed by atoms with E-state index in [1.807, 2.05) is 0 Å². The standard InChI is InChI=1S/C6H7FN2O2/c1-11-6(10)8-9-3-2-5(7)4-9/h2-4H,1H3,(H,8,10). The van der Waals surface area contributed by atoms with E-state index < -0.39 is 11.9 Å². The van der Waals surface area contributed by atoms with Crippen molar-refractivity contribution in [1.82, 2.24) is 4.68 Å². The minimum atomic E-state index is -0.638. The van der Waals surface area contributed by atoms with E-state index >= 15 is 0 Å². The second-order valence-corrected chi connectivity index (χ2v) is 1.84. The average Bonchev–Trinajstić information content (AvgIpc) is 2.35. The van der Waals surface area contributed by atoms with Gasteiger partial charge in [0.1, 0.15) is 5.82 Å². The van der Waals surface area contributed by atoms with Gasteiger partial charge in [0.15, 0.2) is 0 Å². The molecule has 60 valence electrons. The van der Waals surface area contributed by atoms with Gasteiger partial charge in [-0.3, -0.25) is 4.68 Å². The number of aromatic nitrogens is 1. The monoisotopic (exact) mass is 158 g/mol. The molecule has 1 aromatic heterocycles. The molecule has 0 aliphatic rings. The molecular formula is C6H7FN2O2. The number of carbonyl (C=O) groups excluding carboxylic acids is 1. The third kappa shape index (κ3) is 1.96. The van der Waals surface area contributed by atoms with Crippen molar-refractivity contribution in [2.24, 2.45) is 0 Å². The summed E-state index contributed by atoms with van der Waals surface area (Å²) in [5.74, 6) is -0.415. The predicted octanol–water partition coefficient (Wildman–Crippen LogP) is 0.937. The van der Waals surface area contributed by atoms with Crippen molar-refractivity contribution in [3.63, 3.8) is 0 Å². The van der Waals surface area contributed by atoms with E-state index in [4.69, 9.17) is 0 Å². The summed E-state index contributed by atoms with van der Waals surface area (Å²) in [6, 6.07) is 1.22. The number of hydrogen-bond acceptors (Lipinski definition) is 2. The molecule has 5 heteroatoms. The number of rotatable bonds is 1. The molecule has 4 nitrogen and oxygen atoms in total. The van der Waals surface area contributed by atoms with E-state index in [0.29, 0.717) is 0 Å². The molecule has 0 atom stereocenters. The van der Waals surface area contributed by atoms with Gasteiger partial charge in [0, 0.05) is 6.20 Å². The Hall–Kier alpha value is -1.52. The maximum atomic E-state index is 12.3. The number of methoxy groups -OCH3 is 1. The van der Waals surface area contributed by atoms with Crippen molar-refractivity contribution >= 4 is 6.09 Å². The zero-order chi connectivity index (χ0) is 8.27. The minimum absolute atomic E-state index is 0.415. The lowest BCUT2D eigenvalue weighted by Gasteiger charge is -2.02. The summed E-state index contributed by atoms with van der Waals surface area (Å²) in [6.07, 6.45) is 1.85. The highest BCUT2D eigenvalue weighted by Crippen LogP contribution is 1.95. The van der Waals surface area contributed by atoms with Crippen molar-refractivity contribution in [2.45, 2.75) is 0 Å². The van der Waals surface area contributed by atoms with Gasteiger partial charge in [0.25, 0.3) is 0 Å². The Morgan fingerprint density at radius 3 is 3.00 bits per heavy atom. The van der Waals surface area contributed by atoms with Gasteiger partial charge in [-0.1, -0.05) is 0 Å². The lowest BCUT2D eigenvalue weighted by Crippen LogP contribution is -2.20. The normalized spacial score (nSPS) is 9.27. The van der Waals surface area contributed by atoms with Crippen LogP contribution in [-0.2, 0) is 4.74 Å².